The molecule has 2 atom stereocenters. The maximum absolute atomic E-state index is 13.2. The van der Waals surface area contributed by atoms with Gasteiger partial charge in [0.1, 0.15) is 11.6 Å². The zero-order valence-electron chi connectivity index (χ0n) is 13.7. The van der Waals surface area contributed by atoms with Crippen molar-refractivity contribution in [3.63, 3.8) is 0 Å². The summed E-state index contributed by atoms with van der Waals surface area (Å²) in [4.78, 5) is 13.4. The van der Waals surface area contributed by atoms with Crippen LogP contribution in [0.25, 0.3) is 0 Å². The molecule has 0 aliphatic rings. The second-order valence-electron chi connectivity index (χ2n) is 5.69. The molecule has 2 aromatic heterocycles. The molecule has 2 heterocycles. The quantitative estimate of drug-likeness (QED) is 0.670. The highest BCUT2D eigenvalue weighted by molar-refractivity contribution is 7.10. The first kappa shape index (κ1) is 17.4. The summed E-state index contributed by atoms with van der Waals surface area (Å²) in [6.07, 6.45) is 1.61. The second kappa shape index (κ2) is 8.09. The monoisotopic (exact) mass is 358 g/mol. The molecule has 0 saturated carbocycles. The van der Waals surface area contributed by atoms with Crippen LogP contribution >= 0.6 is 11.3 Å². The minimum absolute atomic E-state index is 0.0632. The standard InChI is InChI=1S/C19H19FN2O2S/c1-13(16-4-2-10-24-16)21-12-18(23)22-19(17-5-3-11-25-17)14-6-8-15(20)9-7-14/h2-11,13,19,21H,12H2,1H3,(H,22,23)/t13-,19-/m0/s1. The summed E-state index contributed by atoms with van der Waals surface area (Å²) in [6.45, 7) is 2.09. The number of nitrogens with one attached hydrogen (secondary N) is 2. The van der Waals surface area contributed by atoms with E-state index in [1.165, 1.54) is 12.1 Å². The van der Waals surface area contributed by atoms with Gasteiger partial charge in [-0.05, 0) is 48.2 Å². The van der Waals surface area contributed by atoms with Crippen LogP contribution in [0.1, 0.15) is 35.2 Å². The van der Waals surface area contributed by atoms with Crippen LogP contribution < -0.4 is 10.6 Å². The Morgan fingerprint density at radius 1 is 1.20 bits per heavy atom. The number of furan rings is 1. The summed E-state index contributed by atoms with van der Waals surface area (Å²) in [5, 5.41) is 8.10. The Morgan fingerprint density at radius 2 is 2.00 bits per heavy atom. The van der Waals surface area contributed by atoms with E-state index < -0.39 is 0 Å². The number of hydrogen-bond acceptors (Lipinski definition) is 4. The molecule has 0 unspecified atom stereocenters. The van der Waals surface area contributed by atoms with Gasteiger partial charge in [-0.1, -0.05) is 18.2 Å². The smallest absolute Gasteiger partial charge is 0.234 e. The van der Waals surface area contributed by atoms with Gasteiger partial charge in [0.15, 0.2) is 0 Å². The molecular formula is C19H19FN2O2S. The van der Waals surface area contributed by atoms with Crippen LogP contribution in [0, 0.1) is 5.82 Å². The number of benzene rings is 1. The van der Waals surface area contributed by atoms with Gasteiger partial charge in [0.05, 0.1) is 24.9 Å². The van der Waals surface area contributed by atoms with Crippen LogP contribution in [0.4, 0.5) is 4.39 Å². The fourth-order valence-corrected chi connectivity index (χ4v) is 3.33. The summed E-state index contributed by atoms with van der Waals surface area (Å²) in [5.41, 5.74) is 0.844. The number of carbonyl (C=O) groups is 1. The van der Waals surface area contributed by atoms with Gasteiger partial charge in [0.25, 0.3) is 0 Å². The highest BCUT2D eigenvalue weighted by Crippen LogP contribution is 2.26. The molecule has 0 aliphatic heterocycles. The molecule has 3 rings (SSSR count). The summed E-state index contributed by atoms with van der Waals surface area (Å²) < 4.78 is 18.5. The number of rotatable bonds is 7. The Labute approximate surface area is 149 Å². The summed E-state index contributed by atoms with van der Waals surface area (Å²) in [6, 6.07) is 13.4. The van der Waals surface area contributed by atoms with E-state index in [1.807, 2.05) is 36.6 Å². The minimum atomic E-state index is -0.297. The van der Waals surface area contributed by atoms with Gasteiger partial charge in [0, 0.05) is 4.88 Å². The van der Waals surface area contributed by atoms with Gasteiger partial charge in [-0.15, -0.1) is 11.3 Å². The van der Waals surface area contributed by atoms with Gasteiger partial charge in [-0.25, -0.2) is 4.39 Å². The zero-order chi connectivity index (χ0) is 17.6. The normalized spacial score (nSPS) is 13.4. The van der Waals surface area contributed by atoms with Crippen molar-refractivity contribution in [3.05, 3.63) is 82.2 Å². The topological polar surface area (TPSA) is 54.3 Å². The molecule has 4 nitrogen and oxygen atoms in total. The first-order valence-electron chi connectivity index (χ1n) is 7.98. The van der Waals surface area contributed by atoms with Gasteiger partial charge in [-0.2, -0.15) is 0 Å². The van der Waals surface area contributed by atoms with Gasteiger partial charge < -0.3 is 9.73 Å². The molecular weight excluding hydrogens is 339 g/mol. The van der Waals surface area contributed by atoms with Gasteiger partial charge in [-0.3, -0.25) is 10.1 Å². The lowest BCUT2D eigenvalue weighted by molar-refractivity contribution is -0.120. The van der Waals surface area contributed by atoms with E-state index >= 15 is 0 Å². The molecule has 1 amide bonds. The lowest BCUT2D eigenvalue weighted by Crippen LogP contribution is -2.37. The van der Waals surface area contributed by atoms with Gasteiger partial charge in [0.2, 0.25) is 5.91 Å². The molecule has 2 N–H and O–H groups in total. The molecule has 3 aromatic rings. The molecule has 0 fully saturated rings. The van der Waals surface area contributed by atoms with Crippen LogP contribution in [-0.4, -0.2) is 12.5 Å². The maximum atomic E-state index is 13.2. The first-order chi connectivity index (χ1) is 12.1. The number of halogens is 1. The van der Waals surface area contributed by atoms with E-state index in [1.54, 1.807) is 29.7 Å². The molecule has 6 heteroatoms. The van der Waals surface area contributed by atoms with E-state index in [0.29, 0.717) is 0 Å². The van der Waals surface area contributed by atoms with E-state index in [0.717, 1.165) is 16.2 Å². The number of amides is 1. The largest absolute Gasteiger partial charge is 0.468 e. The van der Waals surface area contributed by atoms with Crippen LogP contribution in [0.15, 0.2) is 64.6 Å². The third kappa shape index (κ3) is 4.55. The minimum Gasteiger partial charge on any atom is -0.468 e. The van der Waals surface area contributed by atoms with Crippen molar-refractivity contribution >= 4 is 17.2 Å². The van der Waals surface area contributed by atoms with E-state index in [9.17, 15) is 9.18 Å². The van der Waals surface area contributed by atoms with Crippen molar-refractivity contribution in [1.29, 1.82) is 0 Å². The predicted molar refractivity (Wildman–Crippen MR) is 95.8 cm³/mol. The lowest BCUT2D eigenvalue weighted by atomic mass is 10.1. The summed E-state index contributed by atoms with van der Waals surface area (Å²) >= 11 is 1.55. The van der Waals surface area contributed by atoms with Crippen molar-refractivity contribution < 1.29 is 13.6 Å². The molecule has 1 aromatic carbocycles. The SMILES string of the molecule is C[C@H](NCC(=O)N[C@@H](c1ccc(F)cc1)c1cccs1)c1ccco1. The summed E-state index contributed by atoms with van der Waals surface area (Å²) in [7, 11) is 0. The van der Waals surface area contributed by atoms with Crippen LogP contribution in [0.5, 0.6) is 0 Å². The van der Waals surface area contributed by atoms with Crippen LogP contribution in [0.3, 0.4) is 0 Å². The molecule has 130 valence electrons. The highest BCUT2D eigenvalue weighted by atomic mass is 32.1. The van der Waals surface area contributed by atoms with Crippen molar-refractivity contribution in [2.45, 2.75) is 19.0 Å². The molecule has 0 saturated heterocycles. The maximum Gasteiger partial charge on any atom is 0.234 e. The van der Waals surface area contributed by atoms with Crippen molar-refractivity contribution in [3.8, 4) is 0 Å². The number of carbonyl (C=O) groups excluding carboxylic acids is 1. The van der Waals surface area contributed by atoms with Crippen molar-refractivity contribution in [2.24, 2.45) is 0 Å². The predicted octanol–water partition coefficient (Wildman–Crippen LogP) is 4.04. The highest BCUT2D eigenvalue weighted by Gasteiger charge is 2.18. The Hall–Kier alpha value is -2.44. The van der Waals surface area contributed by atoms with E-state index in [2.05, 4.69) is 10.6 Å². The first-order valence-corrected chi connectivity index (χ1v) is 8.86. The third-order valence-electron chi connectivity index (χ3n) is 3.88. The average molecular weight is 358 g/mol. The molecule has 0 radical (unpaired) electrons. The molecule has 0 spiro atoms. The Bertz CT molecular complexity index is 785. The van der Waals surface area contributed by atoms with Crippen molar-refractivity contribution in [2.75, 3.05) is 6.54 Å². The number of hydrogen-bond donors (Lipinski definition) is 2. The molecule has 25 heavy (non-hydrogen) atoms. The Morgan fingerprint density at radius 3 is 2.64 bits per heavy atom. The fourth-order valence-electron chi connectivity index (χ4n) is 2.53. The molecule has 0 bridgehead atoms. The Balaban J connectivity index is 1.66. The Kier molecular flexibility index (Phi) is 5.63. The summed E-state index contributed by atoms with van der Waals surface area (Å²) in [5.74, 6) is 0.344. The van der Waals surface area contributed by atoms with E-state index in [-0.39, 0.29) is 30.4 Å². The van der Waals surface area contributed by atoms with Crippen molar-refractivity contribution in [1.82, 2.24) is 10.6 Å². The van der Waals surface area contributed by atoms with Gasteiger partial charge >= 0.3 is 0 Å². The van der Waals surface area contributed by atoms with E-state index in [4.69, 9.17) is 4.42 Å². The van der Waals surface area contributed by atoms with Crippen LogP contribution in [0.2, 0.25) is 0 Å². The zero-order valence-corrected chi connectivity index (χ0v) is 14.6. The fraction of sp³-hybridized carbons (Fsp3) is 0.211. The lowest BCUT2D eigenvalue weighted by Gasteiger charge is -2.19. The third-order valence-corrected chi connectivity index (χ3v) is 4.81. The second-order valence-corrected chi connectivity index (χ2v) is 6.66. The number of thiophene rings is 1. The van der Waals surface area contributed by atoms with Crippen LogP contribution in [-0.2, 0) is 4.79 Å². The molecule has 0 aliphatic carbocycles. The average Bonchev–Trinajstić information content (AvgIpc) is 3.31.